The Labute approximate surface area is 165 Å². The zero-order valence-corrected chi connectivity index (χ0v) is 15.9. The van der Waals surface area contributed by atoms with Crippen LogP contribution in [0, 0.1) is 5.92 Å². The van der Waals surface area contributed by atoms with E-state index in [9.17, 15) is 4.79 Å². The number of aromatic nitrogens is 2. The molecule has 0 aliphatic heterocycles. The Balaban J connectivity index is 1.53. The molecule has 0 bridgehead atoms. The number of benzene rings is 2. The largest absolute Gasteiger partial charge is 0.352 e. The van der Waals surface area contributed by atoms with Crippen LogP contribution in [0.15, 0.2) is 66.9 Å². The van der Waals surface area contributed by atoms with Crippen molar-refractivity contribution in [2.24, 2.45) is 11.7 Å². The van der Waals surface area contributed by atoms with Gasteiger partial charge < -0.3 is 11.1 Å². The molecule has 4 rings (SSSR count). The van der Waals surface area contributed by atoms with Crippen LogP contribution >= 0.6 is 0 Å². The smallest absolute Gasteiger partial charge is 0.220 e. The summed E-state index contributed by atoms with van der Waals surface area (Å²) in [5.41, 5.74) is 10.0. The second-order valence-corrected chi connectivity index (χ2v) is 7.48. The molecular formula is C23H26N4O. The Morgan fingerprint density at radius 2 is 1.79 bits per heavy atom. The summed E-state index contributed by atoms with van der Waals surface area (Å²) in [6.45, 7) is 0.456. The topological polar surface area (TPSA) is 72.9 Å². The lowest BCUT2D eigenvalue weighted by atomic mass is 10.00. The van der Waals surface area contributed by atoms with Gasteiger partial charge in [0.05, 0.1) is 11.4 Å². The van der Waals surface area contributed by atoms with Crippen molar-refractivity contribution in [1.29, 1.82) is 0 Å². The quantitative estimate of drug-likeness (QED) is 0.691. The number of carbonyl (C=O) groups excluding carboxylic acids is 1. The van der Waals surface area contributed by atoms with Gasteiger partial charge in [-0.25, -0.2) is 4.68 Å². The van der Waals surface area contributed by atoms with Crippen LogP contribution < -0.4 is 11.1 Å². The zero-order chi connectivity index (χ0) is 19.3. The minimum Gasteiger partial charge on any atom is -0.352 e. The first-order valence-electron chi connectivity index (χ1n) is 9.92. The lowest BCUT2D eigenvalue weighted by Gasteiger charge is -2.14. The molecule has 1 heterocycles. The van der Waals surface area contributed by atoms with Gasteiger partial charge in [-0.2, -0.15) is 5.10 Å². The van der Waals surface area contributed by atoms with Gasteiger partial charge in [0, 0.05) is 36.3 Å². The fourth-order valence-corrected chi connectivity index (χ4v) is 3.91. The Bertz CT molecular complexity index is 920. The van der Waals surface area contributed by atoms with Crippen molar-refractivity contribution in [3.05, 3.63) is 72.4 Å². The van der Waals surface area contributed by atoms with Gasteiger partial charge >= 0.3 is 0 Å². The fraction of sp³-hybridized carbons (Fsp3) is 0.304. The van der Waals surface area contributed by atoms with Crippen LogP contribution in [0.4, 0.5) is 0 Å². The van der Waals surface area contributed by atoms with Gasteiger partial charge in [-0.15, -0.1) is 0 Å². The van der Waals surface area contributed by atoms with Gasteiger partial charge in [-0.05, 0) is 30.9 Å². The summed E-state index contributed by atoms with van der Waals surface area (Å²) < 4.78 is 1.87. The highest BCUT2D eigenvalue weighted by molar-refractivity contribution is 5.76. The fourth-order valence-electron chi connectivity index (χ4n) is 3.91. The average molecular weight is 374 g/mol. The van der Waals surface area contributed by atoms with E-state index in [-0.39, 0.29) is 11.9 Å². The summed E-state index contributed by atoms with van der Waals surface area (Å²) in [6, 6.07) is 20.2. The first-order chi connectivity index (χ1) is 13.7. The van der Waals surface area contributed by atoms with E-state index in [1.54, 1.807) is 0 Å². The Kier molecular flexibility index (Phi) is 5.53. The molecule has 3 N–H and O–H groups in total. The molecule has 1 saturated carbocycles. The summed E-state index contributed by atoms with van der Waals surface area (Å²) in [7, 11) is 0. The summed E-state index contributed by atoms with van der Waals surface area (Å²) in [5, 5.41) is 7.86. The molecule has 28 heavy (non-hydrogen) atoms. The molecule has 0 spiro atoms. The lowest BCUT2D eigenvalue weighted by Crippen LogP contribution is -2.31. The minimum atomic E-state index is 0.0637. The average Bonchev–Trinajstić information content (AvgIpc) is 3.34. The number of nitrogens with one attached hydrogen (secondary N) is 1. The Morgan fingerprint density at radius 3 is 2.46 bits per heavy atom. The number of nitrogens with two attached hydrogens (primary N) is 1. The third kappa shape index (κ3) is 4.15. The summed E-state index contributed by atoms with van der Waals surface area (Å²) in [6.07, 6.45) is 5.71. The zero-order valence-electron chi connectivity index (χ0n) is 15.9. The number of carbonyl (C=O) groups is 1. The van der Waals surface area contributed by atoms with Crippen LogP contribution in [-0.2, 0) is 11.3 Å². The highest BCUT2D eigenvalue weighted by atomic mass is 16.1. The van der Waals surface area contributed by atoms with E-state index in [2.05, 4.69) is 5.32 Å². The third-order valence-corrected chi connectivity index (χ3v) is 5.50. The number of para-hydroxylation sites is 1. The monoisotopic (exact) mass is 374 g/mol. The van der Waals surface area contributed by atoms with Crippen molar-refractivity contribution in [1.82, 2.24) is 15.1 Å². The van der Waals surface area contributed by atoms with Crippen molar-refractivity contribution >= 4 is 5.91 Å². The molecule has 0 saturated heterocycles. The van der Waals surface area contributed by atoms with E-state index in [0.717, 1.165) is 41.8 Å². The molecule has 1 fully saturated rings. The Morgan fingerprint density at radius 1 is 1.07 bits per heavy atom. The normalized spacial score (nSPS) is 18.9. The maximum absolute atomic E-state index is 12.4. The van der Waals surface area contributed by atoms with Crippen molar-refractivity contribution in [2.45, 2.75) is 38.3 Å². The Hall–Kier alpha value is -2.92. The second-order valence-electron chi connectivity index (χ2n) is 7.48. The number of hydrogen-bond acceptors (Lipinski definition) is 3. The second kappa shape index (κ2) is 8.40. The first-order valence-corrected chi connectivity index (χ1v) is 9.92. The molecule has 0 unspecified atom stereocenters. The van der Waals surface area contributed by atoms with E-state index in [1.807, 2.05) is 71.5 Å². The predicted molar refractivity (Wildman–Crippen MR) is 111 cm³/mol. The van der Waals surface area contributed by atoms with Gasteiger partial charge in [-0.3, -0.25) is 4.79 Å². The first kappa shape index (κ1) is 18.4. The van der Waals surface area contributed by atoms with Crippen molar-refractivity contribution in [2.75, 3.05) is 0 Å². The van der Waals surface area contributed by atoms with Crippen molar-refractivity contribution < 1.29 is 4.79 Å². The SMILES string of the molecule is N[C@@H]1CCC[C@H]1CC(=O)NCc1cn(-c2ccccc2)nc1-c1ccccc1. The number of rotatable bonds is 6. The third-order valence-electron chi connectivity index (χ3n) is 5.50. The van der Waals surface area contributed by atoms with Gasteiger partial charge in [0.25, 0.3) is 0 Å². The molecule has 144 valence electrons. The number of amides is 1. The van der Waals surface area contributed by atoms with Crippen LogP contribution in [0.3, 0.4) is 0 Å². The van der Waals surface area contributed by atoms with Crippen molar-refractivity contribution in [3.63, 3.8) is 0 Å². The van der Waals surface area contributed by atoms with Gasteiger partial charge in [0.1, 0.15) is 0 Å². The van der Waals surface area contributed by atoms with Crippen LogP contribution in [0.25, 0.3) is 16.9 Å². The van der Waals surface area contributed by atoms with Crippen LogP contribution in [0.2, 0.25) is 0 Å². The van der Waals surface area contributed by atoms with E-state index < -0.39 is 0 Å². The van der Waals surface area contributed by atoms with Crippen LogP contribution in [0.5, 0.6) is 0 Å². The molecule has 5 heteroatoms. The van der Waals surface area contributed by atoms with E-state index >= 15 is 0 Å². The highest BCUT2D eigenvalue weighted by Crippen LogP contribution is 2.27. The van der Waals surface area contributed by atoms with Crippen LogP contribution in [0.1, 0.15) is 31.2 Å². The maximum Gasteiger partial charge on any atom is 0.220 e. The summed E-state index contributed by atoms with van der Waals surface area (Å²) in [5.74, 6) is 0.370. The van der Waals surface area contributed by atoms with E-state index in [1.165, 1.54) is 0 Å². The van der Waals surface area contributed by atoms with Gasteiger partial charge in [0.15, 0.2) is 0 Å². The molecular weight excluding hydrogens is 348 g/mol. The lowest BCUT2D eigenvalue weighted by molar-refractivity contribution is -0.122. The highest BCUT2D eigenvalue weighted by Gasteiger charge is 2.26. The molecule has 5 nitrogen and oxygen atoms in total. The minimum absolute atomic E-state index is 0.0637. The maximum atomic E-state index is 12.4. The summed E-state index contributed by atoms with van der Waals surface area (Å²) in [4.78, 5) is 12.4. The molecule has 2 aromatic carbocycles. The van der Waals surface area contributed by atoms with Crippen LogP contribution in [-0.4, -0.2) is 21.7 Å². The molecule has 1 aliphatic carbocycles. The molecule has 1 amide bonds. The van der Waals surface area contributed by atoms with Gasteiger partial charge in [0.2, 0.25) is 5.91 Å². The molecule has 1 aromatic heterocycles. The van der Waals surface area contributed by atoms with E-state index in [4.69, 9.17) is 10.8 Å². The molecule has 3 aromatic rings. The predicted octanol–water partition coefficient (Wildman–Crippen LogP) is 3.67. The molecule has 2 atom stereocenters. The standard InChI is InChI=1S/C23H26N4O/c24-21-13-7-10-18(21)14-22(28)25-15-19-16-27(20-11-5-2-6-12-20)26-23(19)17-8-3-1-4-9-17/h1-6,8-9,11-12,16,18,21H,7,10,13-15,24H2,(H,25,28)/t18-,21+/m0/s1. The number of hydrogen-bond donors (Lipinski definition) is 2. The van der Waals surface area contributed by atoms with E-state index in [0.29, 0.717) is 18.9 Å². The number of nitrogens with zero attached hydrogens (tertiary/aromatic N) is 2. The van der Waals surface area contributed by atoms with Crippen molar-refractivity contribution in [3.8, 4) is 16.9 Å². The molecule has 0 radical (unpaired) electrons. The summed E-state index contributed by atoms with van der Waals surface area (Å²) >= 11 is 0. The van der Waals surface area contributed by atoms with Gasteiger partial charge in [-0.1, -0.05) is 55.0 Å². The molecule has 1 aliphatic rings.